The van der Waals surface area contributed by atoms with Crippen LogP contribution in [0.1, 0.15) is 52.7 Å². The highest BCUT2D eigenvalue weighted by molar-refractivity contribution is 5.94. The van der Waals surface area contributed by atoms with Crippen molar-refractivity contribution in [1.29, 1.82) is 5.26 Å². The van der Waals surface area contributed by atoms with Crippen molar-refractivity contribution in [2.24, 2.45) is 0 Å². The number of nitrogens with one attached hydrogen (secondary N) is 1. The lowest BCUT2D eigenvalue weighted by molar-refractivity contribution is 0.0900. The Bertz CT molecular complexity index is 1580. The van der Waals surface area contributed by atoms with Crippen molar-refractivity contribution in [3.8, 4) is 17.5 Å². The molecule has 226 valence electrons. The van der Waals surface area contributed by atoms with Gasteiger partial charge < -0.3 is 10.1 Å². The van der Waals surface area contributed by atoms with Crippen molar-refractivity contribution >= 4 is 5.91 Å². The quantitative estimate of drug-likeness (QED) is 0.283. The molecule has 0 radical (unpaired) electrons. The average Bonchev–Trinajstić information content (AvgIpc) is 3.52. The molecule has 3 heterocycles. The minimum absolute atomic E-state index is 0.0583. The second-order valence-electron chi connectivity index (χ2n) is 11.7. The number of aromatic nitrogens is 2. The van der Waals surface area contributed by atoms with Crippen LogP contribution in [0.4, 0.5) is 4.39 Å². The van der Waals surface area contributed by atoms with Gasteiger partial charge in [-0.05, 0) is 85.8 Å². The number of nitrogens with zero attached hydrogens (tertiary/aromatic N) is 5. The molecule has 2 fully saturated rings. The van der Waals surface area contributed by atoms with E-state index < -0.39 is 0 Å². The summed E-state index contributed by atoms with van der Waals surface area (Å²) in [6.45, 7) is 5.32. The maximum Gasteiger partial charge on any atom is 0.251 e. The molecule has 1 aromatic heterocycles. The number of hydrogen-bond donors (Lipinski definition) is 1. The summed E-state index contributed by atoms with van der Waals surface area (Å²) in [5.74, 6) is 0.414. The summed E-state index contributed by atoms with van der Waals surface area (Å²) in [6.07, 6.45) is 7.59. The van der Waals surface area contributed by atoms with Crippen molar-refractivity contribution in [2.75, 3.05) is 26.2 Å². The number of hydrogen-bond acceptors (Lipinski definition) is 6. The first-order valence-corrected chi connectivity index (χ1v) is 15.3. The largest absolute Gasteiger partial charge is 0.490 e. The van der Waals surface area contributed by atoms with Gasteiger partial charge in [0.2, 0.25) is 0 Å². The summed E-state index contributed by atoms with van der Waals surface area (Å²) in [5, 5.41) is 16.6. The fourth-order valence-electron chi connectivity index (χ4n) is 5.97. The van der Waals surface area contributed by atoms with Gasteiger partial charge in [-0.3, -0.25) is 14.6 Å². The third-order valence-corrected chi connectivity index (χ3v) is 8.48. The molecule has 2 saturated heterocycles. The Hall–Kier alpha value is -4.52. The lowest BCUT2D eigenvalue weighted by atomic mass is 10.0. The Kier molecular flexibility index (Phi) is 9.30. The molecule has 0 spiro atoms. The molecule has 44 heavy (non-hydrogen) atoms. The van der Waals surface area contributed by atoms with Gasteiger partial charge in [0.1, 0.15) is 17.7 Å². The Morgan fingerprint density at radius 3 is 2.30 bits per heavy atom. The van der Waals surface area contributed by atoms with Crippen LogP contribution in [0.15, 0.2) is 85.2 Å². The van der Waals surface area contributed by atoms with Gasteiger partial charge in [0, 0.05) is 62.6 Å². The number of carbonyl (C=O) groups is 1. The van der Waals surface area contributed by atoms with E-state index in [0.29, 0.717) is 11.1 Å². The minimum Gasteiger partial charge on any atom is -0.490 e. The monoisotopic (exact) mass is 592 g/mol. The van der Waals surface area contributed by atoms with Gasteiger partial charge in [-0.15, -0.1) is 0 Å². The molecule has 2 aliphatic heterocycles. The first-order valence-electron chi connectivity index (χ1n) is 15.3. The van der Waals surface area contributed by atoms with E-state index in [2.05, 4.69) is 26.3 Å². The van der Waals surface area contributed by atoms with Crippen molar-refractivity contribution in [3.63, 3.8) is 0 Å². The minimum atomic E-state index is -0.258. The van der Waals surface area contributed by atoms with Gasteiger partial charge >= 0.3 is 0 Å². The van der Waals surface area contributed by atoms with Crippen LogP contribution < -0.4 is 10.1 Å². The average molecular weight is 593 g/mol. The first kappa shape index (κ1) is 29.5. The molecule has 6 rings (SSSR count). The number of benzene rings is 3. The molecule has 1 amide bonds. The SMILES string of the molecule is N#Cc1ccc(CN2CCC(NC(=O)c3cccc(OC4CCN(Cc5cnn(-c6ccc(F)cc6)c5)CC4)c3)CC2)cc1. The zero-order chi connectivity index (χ0) is 30.3. The topological polar surface area (TPSA) is 86.4 Å². The van der Waals surface area contributed by atoms with Crippen LogP contribution in [0, 0.1) is 17.1 Å². The maximum atomic E-state index is 13.2. The molecule has 8 nitrogen and oxygen atoms in total. The standard InChI is InChI=1S/C35H37FN6O2/c36-30-8-10-32(11-9-30)42-25-28(22-38-42)24-41-18-14-33(15-19-41)44-34-3-1-2-29(20-34)35(43)39-31-12-16-40(17-13-31)23-27-6-4-26(21-37)5-7-27/h1-11,20,22,25,31,33H,12-19,23-24H2,(H,39,43). The molecular formula is C35H37FN6O2. The predicted octanol–water partition coefficient (Wildman–Crippen LogP) is 5.32. The summed E-state index contributed by atoms with van der Waals surface area (Å²) in [6, 6.07) is 23.9. The molecule has 0 unspecified atom stereocenters. The Balaban J connectivity index is 0.932. The Labute approximate surface area is 257 Å². The number of likely N-dealkylation sites (tertiary alicyclic amines) is 2. The van der Waals surface area contributed by atoms with Gasteiger partial charge in [0.05, 0.1) is 23.5 Å². The predicted molar refractivity (Wildman–Crippen MR) is 166 cm³/mol. The second kappa shape index (κ2) is 13.8. The van der Waals surface area contributed by atoms with Gasteiger partial charge in [0.15, 0.2) is 0 Å². The number of piperidine rings is 2. The van der Waals surface area contributed by atoms with Crippen LogP contribution in [0.3, 0.4) is 0 Å². The zero-order valence-corrected chi connectivity index (χ0v) is 24.7. The smallest absolute Gasteiger partial charge is 0.251 e. The summed E-state index contributed by atoms with van der Waals surface area (Å²) >= 11 is 0. The van der Waals surface area contributed by atoms with Gasteiger partial charge in [-0.2, -0.15) is 10.4 Å². The van der Waals surface area contributed by atoms with Crippen LogP contribution in [0.5, 0.6) is 5.75 Å². The fourth-order valence-corrected chi connectivity index (χ4v) is 5.97. The highest BCUT2D eigenvalue weighted by Crippen LogP contribution is 2.22. The third-order valence-electron chi connectivity index (χ3n) is 8.48. The van der Waals surface area contributed by atoms with E-state index in [0.717, 1.165) is 82.0 Å². The second-order valence-corrected chi connectivity index (χ2v) is 11.7. The number of halogens is 1. The zero-order valence-electron chi connectivity index (χ0n) is 24.7. The van der Waals surface area contributed by atoms with Gasteiger partial charge in [-0.25, -0.2) is 9.07 Å². The van der Waals surface area contributed by atoms with Crippen molar-refractivity contribution < 1.29 is 13.9 Å². The Morgan fingerprint density at radius 2 is 1.59 bits per heavy atom. The normalized spacial score (nSPS) is 16.8. The van der Waals surface area contributed by atoms with E-state index in [1.54, 1.807) is 16.8 Å². The summed E-state index contributed by atoms with van der Waals surface area (Å²) in [7, 11) is 0. The number of amides is 1. The lowest BCUT2D eigenvalue weighted by Crippen LogP contribution is -2.44. The van der Waals surface area contributed by atoms with Crippen LogP contribution >= 0.6 is 0 Å². The van der Waals surface area contributed by atoms with Gasteiger partial charge in [0.25, 0.3) is 5.91 Å². The van der Waals surface area contributed by atoms with E-state index in [1.165, 1.54) is 17.7 Å². The lowest BCUT2D eigenvalue weighted by Gasteiger charge is -2.32. The van der Waals surface area contributed by atoms with E-state index in [9.17, 15) is 9.18 Å². The molecule has 0 atom stereocenters. The molecule has 1 N–H and O–H groups in total. The Morgan fingerprint density at radius 1 is 0.909 bits per heavy atom. The maximum absolute atomic E-state index is 13.2. The molecule has 9 heteroatoms. The summed E-state index contributed by atoms with van der Waals surface area (Å²) in [5.41, 5.74) is 4.45. The molecule has 3 aromatic carbocycles. The fraction of sp³-hybridized carbons (Fsp3) is 0.343. The molecule has 0 saturated carbocycles. The molecule has 0 aliphatic carbocycles. The summed E-state index contributed by atoms with van der Waals surface area (Å²) < 4.78 is 21.3. The van der Waals surface area contributed by atoms with Crippen LogP contribution in [-0.4, -0.2) is 63.8 Å². The van der Waals surface area contributed by atoms with Crippen LogP contribution in [0.2, 0.25) is 0 Å². The highest BCUT2D eigenvalue weighted by atomic mass is 19.1. The molecule has 2 aliphatic rings. The number of rotatable bonds is 9. The number of ether oxygens (including phenoxy) is 1. The highest BCUT2D eigenvalue weighted by Gasteiger charge is 2.23. The number of nitriles is 1. The number of carbonyl (C=O) groups excluding carboxylic acids is 1. The van der Waals surface area contributed by atoms with E-state index >= 15 is 0 Å². The van der Waals surface area contributed by atoms with E-state index in [1.807, 2.05) is 60.9 Å². The van der Waals surface area contributed by atoms with E-state index in [-0.39, 0.29) is 23.9 Å². The van der Waals surface area contributed by atoms with Crippen molar-refractivity contribution in [1.82, 2.24) is 24.9 Å². The molecule has 4 aromatic rings. The third kappa shape index (κ3) is 7.70. The van der Waals surface area contributed by atoms with Crippen molar-refractivity contribution in [2.45, 2.75) is 50.9 Å². The van der Waals surface area contributed by atoms with Crippen LogP contribution in [0.25, 0.3) is 5.69 Å². The summed E-state index contributed by atoms with van der Waals surface area (Å²) in [4.78, 5) is 17.9. The molecule has 0 bridgehead atoms. The molecular weight excluding hydrogens is 555 g/mol. The van der Waals surface area contributed by atoms with E-state index in [4.69, 9.17) is 10.00 Å². The van der Waals surface area contributed by atoms with Crippen LogP contribution in [-0.2, 0) is 13.1 Å². The van der Waals surface area contributed by atoms with Gasteiger partial charge in [-0.1, -0.05) is 18.2 Å². The first-order chi connectivity index (χ1) is 21.5. The van der Waals surface area contributed by atoms with Crippen molar-refractivity contribution in [3.05, 3.63) is 113 Å².